The predicted octanol–water partition coefficient (Wildman–Crippen LogP) is 2.91. The Balaban J connectivity index is 3.16. The van der Waals surface area contributed by atoms with Crippen LogP contribution >= 0.6 is 0 Å². The number of aliphatic carboxylic acids is 1. The van der Waals surface area contributed by atoms with Gasteiger partial charge in [-0.05, 0) is 30.2 Å². The molecule has 106 valence electrons. The SMILES string of the molecule is C#CCN(CCC)c1c(F)cc(/C=C/C(=O)O)cc1F. The van der Waals surface area contributed by atoms with Gasteiger partial charge in [0.1, 0.15) is 17.3 Å². The van der Waals surface area contributed by atoms with E-state index in [1.807, 2.05) is 6.92 Å². The van der Waals surface area contributed by atoms with Crippen molar-refractivity contribution in [3.05, 3.63) is 35.4 Å². The molecule has 1 rings (SSSR count). The van der Waals surface area contributed by atoms with Crippen molar-refractivity contribution in [1.82, 2.24) is 0 Å². The van der Waals surface area contributed by atoms with Crippen LogP contribution in [0.15, 0.2) is 18.2 Å². The van der Waals surface area contributed by atoms with E-state index in [1.54, 1.807) is 0 Å². The summed E-state index contributed by atoms with van der Waals surface area (Å²) in [6, 6.07) is 2.16. The number of benzene rings is 1. The van der Waals surface area contributed by atoms with Gasteiger partial charge in [-0.15, -0.1) is 6.42 Å². The molecule has 0 aliphatic rings. The van der Waals surface area contributed by atoms with Gasteiger partial charge >= 0.3 is 5.97 Å². The molecule has 0 saturated heterocycles. The Bertz CT molecular complexity index is 538. The first-order valence-corrected chi connectivity index (χ1v) is 6.08. The quantitative estimate of drug-likeness (QED) is 0.643. The predicted molar refractivity (Wildman–Crippen MR) is 74.4 cm³/mol. The summed E-state index contributed by atoms with van der Waals surface area (Å²) in [5.41, 5.74) is -0.0411. The number of halogens is 2. The molecular formula is C15H15F2NO2. The van der Waals surface area contributed by atoms with E-state index in [-0.39, 0.29) is 17.8 Å². The molecule has 0 radical (unpaired) electrons. The summed E-state index contributed by atoms with van der Waals surface area (Å²) in [6.07, 6.45) is 7.84. The lowest BCUT2D eigenvalue weighted by atomic mass is 10.1. The van der Waals surface area contributed by atoms with Gasteiger partial charge in [-0.2, -0.15) is 0 Å². The molecule has 0 amide bonds. The Morgan fingerprint density at radius 1 is 1.45 bits per heavy atom. The van der Waals surface area contributed by atoms with Gasteiger partial charge in [0.25, 0.3) is 0 Å². The number of rotatable bonds is 6. The zero-order valence-corrected chi connectivity index (χ0v) is 11.1. The van der Waals surface area contributed by atoms with Gasteiger partial charge in [-0.3, -0.25) is 0 Å². The van der Waals surface area contributed by atoms with Crippen LogP contribution in [-0.2, 0) is 4.79 Å². The van der Waals surface area contributed by atoms with Gasteiger partial charge in [-0.25, -0.2) is 13.6 Å². The summed E-state index contributed by atoms with van der Waals surface area (Å²) in [4.78, 5) is 11.8. The Labute approximate surface area is 116 Å². The normalized spacial score (nSPS) is 10.5. The number of carboxylic acid groups (broad SMARTS) is 1. The lowest BCUT2D eigenvalue weighted by molar-refractivity contribution is -0.131. The van der Waals surface area contributed by atoms with Crippen molar-refractivity contribution < 1.29 is 18.7 Å². The molecule has 0 aromatic heterocycles. The molecule has 1 N–H and O–H groups in total. The average Bonchev–Trinajstić information content (AvgIpc) is 2.36. The number of terminal acetylenes is 1. The number of carboxylic acids is 1. The topological polar surface area (TPSA) is 40.5 Å². The summed E-state index contributed by atoms with van der Waals surface area (Å²) in [5.74, 6) is -0.354. The Hall–Kier alpha value is -2.35. The summed E-state index contributed by atoms with van der Waals surface area (Å²) >= 11 is 0. The van der Waals surface area contributed by atoms with Gasteiger partial charge in [0, 0.05) is 12.6 Å². The Morgan fingerprint density at radius 2 is 2.05 bits per heavy atom. The average molecular weight is 279 g/mol. The molecule has 5 heteroatoms. The van der Waals surface area contributed by atoms with Crippen LogP contribution in [-0.4, -0.2) is 24.2 Å². The minimum Gasteiger partial charge on any atom is -0.478 e. The highest BCUT2D eigenvalue weighted by Gasteiger charge is 2.16. The largest absolute Gasteiger partial charge is 0.478 e. The number of hydrogen-bond donors (Lipinski definition) is 1. The number of hydrogen-bond acceptors (Lipinski definition) is 2. The standard InChI is InChI=1S/C15H15F2NO2/c1-3-7-18(8-4-2)15-12(16)9-11(10-13(15)17)5-6-14(19)20/h1,5-6,9-10H,4,7-8H2,2H3,(H,19,20)/b6-5+. The minimum absolute atomic E-state index is 0.103. The summed E-state index contributed by atoms with van der Waals surface area (Å²) in [6.45, 7) is 2.41. The molecule has 3 nitrogen and oxygen atoms in total. The summed E-state index contributed by atoms with van der Waals surface area (Å²) in [7, 11) is 0. The van der Waals surface area contributed by atoms with Crippen LogP contribution in [0, 0.1) is 24.0 Å². The molecule has 0 spiro atoms. The molecule has 0 saturated carbocycles. The molecule has 0 fully saturated rings. The van der Waals surface area contributed by atoms with Crippen LogP contribution in [0.5, 0.6) is 0 Å². The third kappa shape index (κ3) is 4.09. The molecule has 0 aliphatic heterocycles. The molecule has 1 aromatic carbocycles. The van der Waals surface area contributed by atoms with E-state index in [9.17, 15) is 13.6 Å². The van der Waals surface area contributed by atoms with Gasteiger partial charge < -0.3 is 10.0 Å². The highest BCUT2D eigenvalue weighted by molar-refractivity contribution is 5.85. The highest BCUT2D eigenvalue weighted by atomic mass is 19.1. The van der Waals surface area contributed by atoms with E-state index in [0.717, 1.165) is 24.3 Å². The molecule has 0 heterocycles. The molecule has 1 aromatic rings. The first kappa shape index (κ1) is 15.7. The number of nitrogens with zero attached hydrogens (tertiary/aromatic N) is 1. The smallest absolute Gasteiger partial charge is 0.328 e. The Kier molecular flexibility index (Phi) is 5.73. The molecule has 0 atom stereocenters. The van der Waals surface area contributed by atoms with Crippen LogP contribution in [0.3, 0.4) is 0 Å². The van der Waals surface area contributed by atoms with E-state index in [1.165, 1.54) is 4.90 Å². The maximum Gasteiger partial charge on any atom is 0.328 e. The van der Waals surface area contributed by atoms with Crippen LogP contribution in [0.2, 0.25) is 0 Å². The number of anilines is 1. The minimum atomic E-state index is -1.19. The van der Waals surface area contributed by atoms with Gasteiger partial charge in [0.2, 0.25) is 0 Å². The van der Waals surface area contributed by atoms with Gasteiger partial charge in [-0.1, -0.05) is 12.8 Å². The first-order valence-electron chi connectivity index (χ1n) is 6.08. The fourth-order valence-corrected chi connectivity index (χ4v) is 1.80. The van der Waals surface area contributed by atoms with Crippen LogP contribution in [0.1, 0.15) is 18.9 Å². The molecule has 0 bridgehead atoms. The zero-order chi connectivity index (χ0) is 15.1. The second-order valence-corrected chi connectivity index (χ2v) is 4.13. The zero-order valence-electron chi connectivity index (χ0n) is 11.1. The highest BCUT2D eigenvalue weighted by Crippen LogP contribution is 2.25. The van der Waals surface area contributed by atoms with E-state index < -0.39 is 17.6 Å². The summed E-state index contributed by atoms with van der Waals surface area (Å²) in [5, 5.41) is 8.49. The van der Waals surface area contributed by atoms with Gasteiger partial charge in [0.05, 0.1) is 6.54 Å². The molecule has 20 heavy (non-hydrogen) atoms. The fraction of sp³-hybridized carbons (Fsp3) is 0.267. The fourth-order valence-electron chi connectivity index (χ4n) is 1.80. The van der Waals surface area contributed by atoms with Crippen LogP contribution in [0.4, 0.5) is 14.5 Å². The van der Waals surface area contributed by atoms with Crippen molar-refractivity contribution in [3.63, 3.8) is 0 Å². The second-order valence-electron chi connectivity index (χ2n) is 4.13. The van der Waals surface area contributed by atoms with Crippen molar-refractivity contribution >= 4 is 17.7 Å². The Morgan fingerprint density at radius 3 is 2.50 bits per heavy atom. The van der Waals surface area contributed by atoms with Crippen molar-refractivity contribution in [2.24, 2.45) is 0 Å². The van der Waals surface area contributed by atoms with Crippen molar-refractivity contribution in [3.8, 4) is 12.3 Å². The maximum atomic E-state index is 14.0. The van der Waals surface area contributed by atoms with E-state index in [2.05, 4.69) is 5.92 Å². The van der Waals surface area contributed by atoms with Crippen molar-refractivity contribution in [1.29, 1.82) is 0 Å². The van der Waals surface area contributed by atoms with E-state index in [4.69, 9.17) is 11.5 Å². The molecule has 0 aliphatic carbocycles. The van der Waals surface area contributed by atoms with Crippen LogP contribution in [0.25, 0.3) is 6.08 Å². The van der Waals surface area contributed by atoms with Crippen LogP contribution < -0.4 is 4.90 Å². The van der Waals surface area contributed by atoms with Crippen molar-refractivity contribution in [2.75, 3.05) is 18.0 Å². The summed E-state index contributed by atoms with van der Waals surface area (Å²) < 4.78 is 28.0. The third-order valence-corrected chi connectivity index (χ3v) is 2.55. The lowest BCUT2D eigenvalue weighted by Gasteiger charge is -2.23. The van der Waals surface area contributed by atoms with E-state index in [0.29, 0.717) is 13.0 Å². The second kappa shape index (κ2) is 7.29. The van der Waals surface area contributed by atoms with Gasteiger partial charge in [0.15, 0.2) is 0 Å². The third-order valence-electron chi connectivity index (χ3n) is 2.55. The van der Waals surface area contributed by atoms with E-state index >= 15 is 0 Å². The molecule has 0 unspecified atom stereocenters. The monoisotopic (exact) mass is 279 g/mol. The lowest BCUT2D eigenvalue weighted by Crippen LogP contribution is -2.26. The van der Waals surface area contributed by atoms with Crippen molar-refractivity contribution in [2.45, 2.75) is 13.3 Å². The molecular weight excluding hydrogens is 264 g/mol. The first-order chi connectivity index (χ1) is 9.49. The maximum absolute atomic E-state index is 14.0. The number of carbonyl (C=O) groups is 1.